The SMILES string of the molecule is COc1ccc(NC(=O)CNc2cc(Cl)ccc2Cl)cc1S(=O)(=O)N1CCOCC1. The molecule has 11 heteroatoms. The average Bonchev–Trinajstić information content (AvgIpc) is 2.75. The van der Waals surface area contributed by atoms with Gasteiger partial charge in [0.1, 0.15) is 10.6 Å². The maximum atomic E-state index is 13.0. The highest BCUT2D eigenvalue weighted by atomic mass is 35.5. The standard InChI is InChI=1S/C19H21Cl2N3O5S/c1-28-17-5-3-14(11-18(17)30(26,27)24-6-8-29-9-7-24)23-19(25)12-22-16-10-13(20)2-4-15(16)21/h2-5,10-11,22H,6-9,12H2,1H3,(H,23,25). The molecule has 8 nitrogen and oxygen atoms in total. The molecule has 1 amide bonds. The van der Waals surface area contributed by atoms with Gasteiger partial charge >= 0.3 is 0 Å². The minimum absolute atomic E-state index is 0.0180. The number of nitrogens with one attached hydrogen (secondary N) is 2. The highest BCUT2D eigenvalue weighted by molar-refractivity contribution is 7.89. The van der Waals surface area contributed by atoms with E-state index in [2.05, 4.69) is 10.6 Å². The molecule has 0 bridgehead atoms. The number of anilines is 2. The third-order valence-electron chi connectivity index (χ3n) is 4.40. The number of hydrogen-bond donors (Lipinski definition) is 2. The van der Waals surface area contributed by atoms with Gasteiger partial charge in [-0.1, -0.05) is 23.2 Å². The van der Waals surface area contributed by atoms with Gasteiger partial charge in [-0.2, -0.15) is 4.31 Å². The molecule has 1 saturated heterocycles. The smallest absolute Gasteiger partial charge is 0.246 e. The summed E-state index contributed by atoms with van der Waals surface area (Å²) in [6.45, 7) is 1.09. The van der Waals surface area contributed by atoms with E-state index >= 15 is 0 Å². The molecule has 3 rings (SSSR count). The Labute approximate surface area is 185 Å². The Balaban J connectivity index is 1.74. The van der Waals surface area contributed by atoms with Crippen LogP contribution >= 0.6 is 23.2 Å². The van der Waals surface area contributed by atoms with Gasteiger partial charge in [0.15, 0.2) is 0 Å². The average molecular weight is 474 g/mol. The molecule has 0 spiro atoms. The summed E-state index contributed by atoms with van der Waals surface area (Å²) < 4.78 is 37.8. The second-order valence-electron chi connectivity index (χ2n) is 6.41. The number of ether oxygens (including phenoxy) is 2. The molecule has 0 atom stereocenters. The minimum Gasteiger partial charge on any atom is -0.495 e. The number of hydrogen-bond acceptors (Lipinski definition) is 6. The molecule has 2 aromatic carbocycles. The molecule has 1 aliphatic rings. The molecule has 0 unspecified atom stereocenters. The second-order valence-corrected chi connectivity index (χ2v) is 9.16. The van der Waals surface area contributed by atoms with E-state index < -0.39 is 10.0 Å². The number of carbonyl (C=O) groups excluding carboxylic acids is 1. The van der Waals surface area contributed by atoms with Gasteiger partial charge in [0.05, 0.1) is 37.6 Å². The summed E-state index contributed by atoms with van der Waals surface area (Å²) in [5.74, 6) is -0.186. The van der Waals surface area contributed by atoms with Crippen molar-refractivity contribution in [2.75, 3.05) is 50.6 Å². The first-order valence-corrected chi connectivity index (χ1v) is 11.3. The van der Waals surface area contributed by atoms with E-state index in [-0.39, 0.29) is 36.2 Å². The molecule has 0 radical (unpaired) electrons. The Hall–Kier alpha value is -2.04. The van der Waals surface area contributed by atoms with Crippen LogP contribution in [0.2, 0.25) is 10.0 Å². The van der Waals surface area contributed by atoms with Crippen LogP contribution in [-0.4, -0.2) is 58.6 Å². The molecule has 162 valence electrons. The number of sulfonamides is 1. The maximum absolute atomic E-state index is 13.0. The van der Waals surface area contributed by atoms with E-state index in [9.17, 15) is 13.2 Å². The zero-order chi connectivity index (χ0) is 21.7. The lowest BCUT2D eigenvalue weighted by atomic mass is 10.3. The van der Waals surface area contributed by atoms with Gasteiger partial charge in [-0.05, 0) is 36.4 Å². The number of halogens is 2. The largest absolute Gasteiger partial charge is 0.495 e. The molecular weight excluding hydrogens is 453 g/mol. The van der Waals surface area contributed by atoms with Crippen LogP contribution in [0.1, 0.15) is 0 Å². The van der Waals surface area contributed by atoms with Crippen molar-refractivity contribution in [3.63, 3.8) is 0 Å². The van der Waals surface area contributed by atoms with E-state index in [0.29, 0.717) is 34.6 Å². The quantitative estimate of drug-likeness (QED) is 0.641. The molecule has 30 heavy (non-hydrogen) atoms. The fourth-order valence-corrected chi connectivity index (χ4v) is 4.84. The number of amides is 1. The van der Waals surface area contributed by atoms with Crippen LogP contribution in [0.5, 0.6) is 5.75 Å². The van der Waals surface area contributed by atoms with Crippen LogP contribution in [-0.2, 0) is 19.6 Å². The number of benzene rings is 2. The number of morpholine rings is 1. The summed E-state index contributed by atoms with van der Waals surface area (Å²) in [5.41, 5.74) is 0.844. The van der Waals surface area contributed by atoms with E-state index in [1.165, 1.54) is 23.5 Å². The number of nitrogens with zero attached hydrogens (tertiary/aromatic N) is 1. The van der Waals surface area contributed by atoms with Crippen LogP contribution in [0.3, 0.4) is 0 Å². The first-order chi connectivity index (χ1) is 14.3. The molecular formula is C19H21Cl2N3O5S. The van der Waals surface area contributed by atoms with Crippen molar-refractivity contribution in [2.45, 2.75) is 4.90 Å². The summed E-state index contributed by atoms with van der Waals surface area (Å²) >= 11 is 12.0. The molecule has 2 N–H and O–H groups in total. The second kappa shape index (κ2) is 9.84. The van der Waals surface area contributed by atoms with Crippen molar-refractivity contribution < 1.29 is 22.7 Å². The van der Waals surface area contributed by atoms with Crippen LogP contribution in [0.4, 0.5) is 11.4 Å². The summed E-state index contributed by atoms with van der Waals surface area (Å²) in [5, 5.41) is 6.48. The Bertz CT molecular complexity index is 1030. The lowest BCUT2D eigenvalue weighted by molar-refractivity contribution is -0.114. The fourth-order valence-electron chi connectivity index (χ4n) is 2.90. The van der Waals surface area contributed by atoms with Crippen LogP contribution in [0.15, 0.2) is 41.3 Å². The van der Waals surface area contributed by atoms with Crippen molar-refractivity contribution in [2.24, 2.45) is 0 Å². The number of methoxy groups -OCH3 is 1. The van der Waals surface area contributed by atoms with Crippen molar-refractivity contribution in [3.05, 3.63) is 46.4 Å². The third kappa shape index (κ3) is 5.35. The zero-order valence-electron chi connectivity index (χ0n) is 16.2. The van der Waals surface area contributed by atoms with E-state index in [0.717, 1.165) is 0 Å². The van der Waals surface area contributed by atoms with Crippen LogP contribution in [0, 0.1) is 0 Å². The molecule has 2 aromatic rings. The molecule has 1 fully saturated rings. The van der Waals surface area contributed by atoms with E-state index in [1.807, 2.05) is 0 Å². The summed E-state index contributed by atoms with van der Waals surface area (Å²) in [7, 11) is -2.41. The van der Waals surface area contributed by atoms with E-state index in [4.69, 9.17) is 32.7 Å². The fraction of sp³-hybridized carbons (Fsp3) is 0.316. The zero-order valence-corrected chi connectivity index (χ0v) is 18.5. The first-order valence-electron chi connectivity index (χ1n) is 9.06. The van der Waals surface area contributed by atoms with Gasteiger partial charge in [0.2, 0.25) is 15.9 Å². The van der Waals surface area contributed by atoms with Gasteiger partial charge in [-0.3, -0.25) is 4.79 Å². The predicted molar refractivity (Wildman–Crippen MR) is 116 cm³/mol. The minimum atomic E-state index is -3.80. The van der Waals surface area contributed by atoms with Crippen molar-refractivity contribution >= 4 is 50.5 Å². The highest BCUT2D eigenvalue weighted by Crippen LogP contribution is 2.30. The monoisotopic (exact) mass is 473 g/mol. The number of rotatable bonds is 7. The van der Waals surface area contributed by atoms with E-state index in [1.54, 1.807) is 24.3 Å². The van der Waals surface area contributed by atoms with Crippen molar-refractivity contribution in [1.82, 2.24) is 4.31 Å². The molecule has 1 aliphatic heterocycles. The number of carbonyl (C=O) groups is 1. The summed E-state index contributed by atoms with van der Waals surface area (Å²) in [6.07, 6.45) is 0. The summed E-state index contributed by atoms with van der Waals surface area (Å²) in [4.78, 5) is 12.3. The molecule has 1 heterocycles. The molecule has 0 aliphatic carbocycles. The maximum Gasteiger partial charge on any atom is 0.246 e. The predicted octanol–water partition coefficient (Wildman–Crippen LogP) is 3.07. The van der Waals surface area contributed by atoms with Crippen molar-refractivity contribution in [3.8, 4) is 5.75 Å². The third-order valence-corrected chi connectivity index (χ3v) is 6.89. The van der Waals surface area contributed by atoms with Gasteiger partial charge in [0, 0.05) is 23.8 Å². The Morgan fingerprint density at radius 3 is 2.60 bits per heavy atom. The first kappa shape index (κ1) is 22.6. The van der Waals surface area contributed by atoms with Crippen LogP contribution in [0.25, 0.3) is 0 Å². The van der Waals surface area contributed by atoms with Crippen molar-refractivity contribution in [1.29, 1.82) is 0 Å². The highest BCUT2D eigenvalue weighted by Gasteiger charge is 2.29. The Morgan fingerprint density at radius 2 is 1.90 bits per heavy atom. The normalized spacial score (nSPS) is 14.9. The lowest BCUT2D eigenvalue weighted by Crippen LogP contribution is -2.40. The lowest BCUT2D eigenvalue weighted by Gasteiger charge is -2.26. The van der Waals surface area contributed by atoms with Crippen LogP contribution < -0.4 is 15.4 Å². The Kier molecular flexibility index (Phi) is 7.43. The summed E-state index contributed by atoms with van der Waals surface area (Å²) in [6, 6.07) is 9.33. The van der Waals surface area contributed by atoms with Gasteiger partial charge in [-0.25, -0.2) is 8.42 Å². The topological polar surface area (TPSA) is 97.0 Å². The van der Waals surface area contributed by atoms with Gasteiger partial charge < -0.3 is 20.1 Å². The Morgan fingerprint density at radius 1 is 1.17 bits per heavy atom. The van der Waals surface area contributed by atoms with Gasteiger partial charge in [-0.15, -0.1) is 0 Å². The molecule has 0 saturated carbocycles. The molecule has 0 aromatic heterocycles. The van der Waals surface area contributed by atoms with Gasteiger partial charge in [0.25, 0.3) is 0 Å².